The molecule has 0 amide bonds. The van der Waals surface area contributed by atoms with Gasteiger partial charge in [0.05, 0.1) is 0 Å². The molecule has 0 aliphatic carbocycles. The zero-order valence-electron chi connectivity index (χ0n) is 7.14. The Kier molecular flexibility index (Phi) is 7.09. The van der Waals surface area contributed by atoms with E-state index in [2.05, 4.69) is 12.1 Å². The van der Waals surface area contributed by atoms with Crippen molar-refractivity contribution in [1.82, 2.24) is 0 Å². The molecular formula is C8H8ClNaO3. The summed E-state index contributed by atoms with van der Waals surface area (Å²) >= 11 is 6.89. The molecule has 2 N–H and O–H groups in total. The quantitative estimate of drug-likeness (QED) is 0.553. The van der Waals surface area contributed by atoms with Crippen molar-refractivity contribution in [3.63, 3.8) is 0 Å². The van der Waals surface area contributed by atoms with Gasteiger partial charge < -0.3 is 10.2 Å². The second-order valence-corrected chi connectivity index (χ2v) is 4.85. The van der Waals surface area contributed by atoms with E-state index in [0.717, 1.165) is 27.9 Å². The van der Waals surface area contributed by atoms with E-state index >= 15 is 0 Å². The summed E-state index contributed by atoms with van der Waals surface area (Å²) in [7, 11) is 0. The van der Waals surface area contributed by atoms with Crippen LogP contribution in [-0.4, -0.2) is 44.3 Å². The molecule has 5 heteroatoms. The zero-order chi connectivity index (χ0) is 10.3. The first-order chi connectivity index (χ1) is 6.04. The number of benzene rings is 1. The van der Waals surface area contributed by atoms with E-state index in [1.165, 1.54) is 5.56 Å². The van der Waals surface area contributed by atoms with E-state index < -0.39 is 6.16 Å². The van der Waals surface area contributed by atoms with Crippen LogP contribution in [0.4, 0.5) is 4.79 Å². The van der Waals surface area contributed by atoms with Crippen molar-refractivity contribution in [2.45, 2.75) is 2.63 Å². The molecule has 0 spiro atoms. The van der Waals surface area contributed by atoms with E-state index in [1.54, 1.807) is 0 Å². The first-order valence-corrected chi connectivity index (χ1v) is 5.24. The molecule has 0 radical (unpaired) electrons. The van der Waals surface area contributed by atoms with Crippen molar-refractivity contribution in [2.75, 3.05) is 0 Å². The number of carboxylic acid groups (broad SMARTS) is 2. The van der Waals surface area contributed by atoms with Gasteiger partial charge in [-0.1, -0.05) is 0 Å². The molecule has 0 aliphatic rings. The van der Waals surface area contributed by atoms with Gasteiger partial charge in [0.2, 0.25) is 0 Å². The number of alkyl halides is 1. The van der Waals surface area contributed by atoms with Crippen molar-refractivity contribution >= 4 is 45.7 Å². The fraction of sp³-hybridized carbons (Fsp3) is 0.125. The standard InChI is InChI=1S/C7H6Cl.CH2O3.Na/c8-6-7-4-2-1-3-5-7;2-1(3)4;/h1-6H;(H2,2,3,4);. The fourth-order valence-electron chi connectivity index (χ4n) is 0.718. The van der Waals surface area contributed by atoms with Crippen LogP contribution in [0.2, 0.25) is 0 Å². The van der Waals surface area contributed by atoms with Crippen LogP contribution in [-0.2, 0) is 0 Å². The van der Waals surface area contributed by atoms with Crippen LogP contribution >= 0.6 is 11.6 Å². The Morgan fingerprint density at radius 1 is 1.31 bits per heavy atom. The van der Waals surface area contributed by atoms with Gasteiger partial charge in [0.15, 0.2) is 0 Å². The minimum atomic E-state index is -1.83. The normalized spacial score (nSPS) is 11.0. The molecule has 1 unspecified atom stereocenters. The Bertz CT molecular complexity index is 247. The molecule has 0 aromatic heterocycles. The Balaban J connectivity index is 0.000000310. The maximum absolute atomic E-state index is 8.56. The molecular weight excluding hydrogens is 203 g/mol. The Labute approximate surface area is 98.8 Å². The van der Waals surface area contributed by atoms with Gasteiger partial charge in [-0.3, -0.25) is 0 Å². The molecule has 0 saturated carbocycles. The van der Waals surface area contributed by atoms with Gasteiger partial charge in [0, 0.05) is 0 Å². The van der Waals surface area contributed by atoms with Crippen molar-refractivity contribution in [3.05, 3.63) is 35.9 Å². The molecule has 1 aromatic carbocycles. The van der Waals surface area contributed by atoms with E-state index in [-0.39, 0.29) is 2.63 Å². The second-order valence-electron chi connectivity index (χ2n) is 2.31. The van der Waals surface area contributed by atoms with Gasteiger partial charge in [-0.2, -0.15) is 0 Å². The van der Waals surface area contributed by atoms with Crippen LogP contribution in [0.15, 0.2) is 30.3 Å². The Hall–Kier alpha value is -0.220. The fourth-order valence-corrected chi connectivity index (χ4v) is 1.25. The third-order valence-electron chi connectivity index (χ3n) is 1.26. The van der Waals surface area contributed by atoms with Crippen LogP contribution in [0.3, 0.4) is 0 Å². The van der Waals surface area contributed by atoms with Gasteiger partial charge in [-0.15, -0.1) is 0 Å². The summed E-state index contributed by atoms with van der Waals surface area (Å²) < 4.78 is 0.270. The molecule has 0 saturated heterocycles. The second kappa shape index (κ2) is 7.21. The SMILES string of the molecule is O=C(O)O.[Na][CH](Cl)c1ccccc1. The van der Waals surface area contributed by atoms with E-state index in [9.17, 15) is 0 Å². The minimum absolute atomic E-state index is 0.270. The summed E-state index contributed by atoms with van der Waals surface area (Å²) in [5.41, 5.74) is 1.24. The van der Waals surface area contributed by atoms with Gasteiger partial charge in [-0.25, -0.2) is 4.79 Å². The number of carbonyl (C=O) groups is 1. The van der Waals surface area contributed by atoms with Crippen molar-refractivity contribution < 1.29 is 15.0 Å². The first-order valence-electron chi connectivity index (χ1n) is 3.65. The number of hydrogen-bond acceptors (Lipinski definition) is 1. The molecule has 0 aliphatic heterocycles. The zero-order valence-corrected chi connectivity index (χ0v) is 9.90. The van der Waals surface area contributed by atoms with E-state index in [4.69, 9.17) is 26.6 Å². The number of halogens is 1. The predicted molar refractivity (Wildman–Crippen MR) is 51.4 cm³/mol. The molecule has 66 valence electrons. The molecule has 1 aromatic rings. The third-order valence-corrected chi connectivity index (χ3v) is 2.18. The average Bonchev–Trinajstić information content (AvgIpc) is 2.05. The predicted octanol–water partition coefficient (Wildman–Crippen LogP) is 2.31. The molecule has 0 heterocycles. The Morgan fingerprint density at radius 3 is 1.92 bits per heavy atom. The van der Waals surface area contributed by atoms with Crippen molar-refractivity contribution in [2.24, 2.45) is 0 Å². The number of rotatable bonds is 1. The van der Waals surface area contributed by atoms with Crippen LogP contribution in [0, 0.1) is 0 Å². The van der Waals surface area contributed by atoms with Crippen LogP contribution < -0.4 is 0 Å². The molecule has 13 heavy (non-hydrogen) atoms. The molecule has 0 bridgehead atoms. The van der Waals surface area contributed by atoms with Crippen LogP contribution in [0.5, 0.6) is 0 Å². The van der Waals surface area contributed by atoms with Crippen LogP contribution in [0.1, 0.15) is 8.19 Å². The average molecular weight is 211 g/mol. The third kappa shape index (κ3) is 8.12. The summed E-state index contributed by atoms with van der Waals surface area (Å²) in [5.74, 6) is 0. The van der Waals surface area contributed by atoms with Gasteiger partial charge in [-0.05, 0) is 0 Å². The molecule has 3 nitrogen and oxygen atoms in total. The number of hydrogen-bond donors (Lipinski definition) is 2. The maximum atomic E-state index is 8.56. The molecule has 0 fully saturated rings. The molecule has 1 rings (SSSR count). The van der Waals surface area contributed by atoms with Gasteiger partial charge in [0.25, 0.3) is 0 Å². The topological polar surface area (TPSA) is 57.5 Å². The van der Waals surface area contributed by atoms with Gasteiger partial charge in [0.1, 0.15) is 0 Å². The van der Waals surface area contributed by atoms with E-state index in [0.29, 0.717) is 0 Å². The van der Waals surface area contributed by atoms with Gasteiger partial charge >= 0.3 is 84.2 Å². The first kappa shape index (κ1) is 12.8. The van der Waals surface area contributed by atoms with Crippen molar-refractivity contribution in [3.8, 4) is 0 Å². The molecule has 1 atom stereocenters. The van der Waals surface area contributed by atoms with Crippen molar-refractivity contribution in [1.29, 1.82) is 0 Å². The van der Waals surface area contributed by atoms with Crippen LogP contribution in [0.25, 0.3) is 0 Å². The summed E-state index contributed by atoms with van der Waals surface area (Å²) in [6.07, 6.45) is -1.83. The van der Waals surface area contributed by atoms with E-state index in [1.807, 2.05) is 18.2 Å². The summed E-state index contributed by atoms with van der Waals surface area (Å²) in [6.45, 7) is 0. The summed E-state index contributed by atoms with van der Waals surface area (Å²) in [4.78, 5) is 8.56. The monoisotopic (exact) mass is 210 g/mol. The Morgan fingerprint density at radius 2 is 1.69 bits per heavy atom. The summed E-state index contributed by atoms with van der Waals surface area (Å²) in [5, 5.41) is 13.9. The summed E-state index contributed by atoms with van der Waals surface area (Å²) in [6, 6.07) is 10.2.